The number of aromatic hydroxyl groups is 1. The Balaban J connectivity index is 2.80. The van der Waals surface area contributed by atoms with E-state index in [0.717, 1.165) is 0 Å². The van der Waals surface area contributed by atoms with Crippen molar-refractivity contribution in [2.24, 2.45) is 0 Å². The average molecular weight is 266 g/mol. The zero-order valence-corrected chi connectivity index (χ0v) is 10.5. The van der Waals surface area contributed by atoms with Crippen molar-refractivity contribution in [3.63, 3.8) is 0 Å². The molecule has 2 rings (SSSR count). The van der Waals surface area contributed by atoms with E-state index in [-0.39, 0.29) is 16.9 Å². The topological polar surface area (TPSA) is 72.8 Å². The molecule has 18 heavy (non-hydrogen) atoms. The van der Waals surface area contributed by atoms with Crippen molar-refractivity contribution in [2.45, 2.75) is 0 Å². The number of hydrogen-bond acceptors (Lipinski definition) is 6. The second kappa shape index (κ2) is 4.66. The summed E-state index contributed by atoms with van der Waals surface area (Å²) in [6.07, 6.45) is 0. The maximum atomic E-state index is 11.7. The maximum absolute atomic E-state index is 11.7. The van der Waals surface area contributed by atoms with Crippen LogP contribution in [0.2, 0.25) is 0 Å². The predicted octanol–water partition coefficient (Wildman–Crippen LogP) is 2.18. The molecule has 1 N–H and O–H groups in total. The number of phenolic OH excluding ortho intramolecular Hbond substituents is 1. The minimum Gasteiger partial charge on any atom is -0.506 e. The van der Waals surface area contributed by atoms with E-state index in [0.29, 0.717) is 10.8 Å². The van der Waals surface area contributed by atoms with Crippen molar-refractivity contribution in [3.8, 4) is 5.75 Å². The lowest BCUT2D eigenvalue weighted by atomic mass is 10.0. The third kappa shape index (κ3) is 1.80. The molecule has 0 aliphatic heterocycles. The van der Waals surface area contributed by atoms with Gasteiger partial charge in [0.2, 0.25) is 0 Å². The summed E-state index contributed by atoms with van der Waals surface area (Å²) >= 11 is 1.36. The first-order valence-electron chi connectivity index (χ1n) is 4.98. The van der Waals surface area contributed by atoms with Crippen molar-refractivity contribution in [1.29, 1.82) is 0 Å². The van der Waals surface area contributed by atoms with Gasteiger partial charge in [-0.15, -0.1) is 0 Å². The van der Waals surface area contributed by atoms with Gasteiger partial charge in [-0.3, -0.25) is 0 Å². The minimum atomic E-state index is -0.777. The van der Waals surface area contributed by atoms with E-state index < -0.39 is 11.9 Å². The molecule has 0 spiro atoms. The largest absolute Gasteiger partial charge is 0.506 e. The Labute approximate surface area is 107 Å². The number of carbonyl (C=O) groups excluding carboxylic acids is 2. The molecule has 0 atom stereocenters. The molecule has 0 fully saturated rings. The Morgan fingerprint density at radius 1 is 1.17 bits per heavy atom. The molecule has 0 aliphatic carbocycles. The van der Waals surface area contributed by atoms with E-state index in [1.807, 2.05) is 0 Å². The van der Waals surface area contributed by atoms with Gasteiger partial charge < -0.3 is 14.6 Å². The van der Waals surface area contributed by atoms with Gasteiger partial charge in [0.1, 0.15) is 11.3 Å². The van der Waals surface area contributed by atoms with Crippen LogP contribution in [0.15, 0.2) is 16.8 Å². The third-order valence-corrected chi connectivity index (χ3v) is 3.31. The van der Waals surface area contributed by atoms with E-state index in [4.69, 9.17) is 0 Å². The normalized spacial score (nSPS) is 10.3. The molecule has 6 heteroatoms. The summed E-state index contributed by atoms with van der Waals surface area (Å²) in [4.78, 5) is 23.3. The number of rotatable bonds is 2. The molecular weight excluding hydrogens is 256 g/mol. The van der Waals surface area contributed by atoms with Crippen LogP contribution in [0.1, 0.15) is 20.7 Å². The van der Waals surface area contributed by atoms with Crippen molar-refractivity contribution in [1.82, 2.24) is 0 Å². The fraction of sp³-hybridized carbons (Fsp3) is 0.167. The number of benzene rings is 1. The second-order valence-corrected chi connectivity index (χ2v) is 4.25. The number of fused-ring (bicyclic) bond motifs is 1. The number of methoxy groups -OCH3 is 2. The van der Waals surface area contributed by atoms with E-state index >= 15 is 0 Å². The minimum absolute atomic E-state index is 0.00671. The Bertz CT molecular complexity index is 629. The lowest BCUT2D eigenvalue weighted by Gasteiger charge is -2.09. The third-order valence-electron chi connectivity index (χ3n) is 2.55. The summed E-state index contributed by atoms with van der Waals surface area (Å²) in [5.41, 5.74) is -0.178. The van der Waals surface area contributed by atoms with Gasteiger partial charge in [-0.2, -0.15) is 11.3 Å². The smallest absolute Gasteiger partial charge is 0.342 e. The first-order valence-corrected chi connectivity index (χ1v) is 5.93. The van der Waals surface area contributed by atoms with E-state index in [9.17, 15) is 14.7 Å². The Morgan fingerprint density at radius 3 is 2.44 bits per heavy atom. The SMILES string of the molecule is COC(=O)c1cc2cscc2c(O)c1C(=O)OC. The standard InChI is InChI=1S/C12H10O5S/c1-16-11(14)7-3-6-4-18-5-8(6)10(13)9(7)12(15)17-2/h3-5,13H,1-2H3. The molecule has 0 radical (unpaired) electrons. The highest BCUT2D eigenvalue weighted by Crippen LogP contribution is 2.34. The number of ether oxygens (including phenoxy) is 2. The maximum Gasteiger partial charge on any atom is 0.342 e. The number of phenols is 1. The second-order valence-electron chi connectivity index (χ2n) is 3.51. The highest BCUT2D eigenvalue weighted by atomic mass is 32.1. The Kier molecular flexibility index (Phi) is 3.20. The van der Waals surface area contributed by atoms with Gasteiger partial charge in [0.15, 0.2) is 0 Å². The number of esters is 2. The summed E-state index contributed by atoms with van der Waals surface area (Å²) in [5.74, 6) is -1.74. The summed E-state index contributed by atoms with van der Waals surface area (Å²) < 4.78 is 9.17. The van der Waals surface area contributed by atoms with Crippen LogP contribution in [-0.2, 0) is 9.47 Å². The van der Waals surface area contributed by atoms with Crippen molar-refractivity contribution in [2.75, 3.05) is 14.2 Å². The van der Waals surface area contributed by atoms with Gasteiger partial charge in [0.05, 0.1) is 19.8 Å². The molecule has 0 unspecified atom stereocenters. The van der Waals surface area contributed by atoms with Crippen LogP contribution in [0.5, 0.6) is 5.75 Å². The van der Waals surface area contributed by atoms with Crippen molar-refractivity contribution in [3.05, 3.63) is 28.0 Å². The molecule has 0 saturated carbocycles. The number of hydrogen-bond donors (Lipinski definition) is 1. The van der Waals surface area contributed by atoms with Gasteiger partial charge in [-0.25, -0.2) is 9.59 Å². The lowest BCUT2D eigenvalue weighted by Crippen LogP contribution is -2.12. The van der Waals surface area contributed by atoms with Crippen LogP contribution in [0.25, 0.3) is 10.8 Å². The van der Waals surface area contributed by atoms with Crippen molar-refractivity contribution < 1.29 is 24.2 Å². The monoisotopic (exact) mass is 266 g/mol. The van der Waals surface area contributed by atoms with Crippen molar-refractivity contribution >= 4 is 34.0 Å². The molecule has 0 bridgehead atoms. The summed E-state index contributed by atoms with van der Waals surface area (Å²) in [6.45, 7) is 0. The number of carbonyl (C=O) groups is 2. The zero-order chi connectivity index (χ0) is 13.3. The van der Waals surface area contributed by atoms with Gasteiger partial charge in [-0.05, 0) is 16.8 Å². The van der Waals surface area contributed by atoms with Crippen LogP contribution in [0, 0.1) is 0 Å². The molecule has 0 aliphatic rings. The molecule has 5 nitrogen and oxygen atoms in total. The highest BCUT2D eigenvalue weighted by molar-refractivity contribution is 7.09. The molecular formula is C12H10O5S. The predicted molar refractivity (Wildman–Crippen MR) is 66.2 cm³/mol. The quantitative estimate of drug-likeness (QED) is 0.843. The van der Waals surface area contributed by atoms with E-state index in [1.54, 1.807) is 10.8 Å². The Hall–Kier alpha value is -2.08. The first kappa shape index (κ1) is 12.4. The molecule has 0 saturated heterocycles. The summed E-state index contributed by atoms with van der Waals surface area (Å²) in [5, 5.41) is 14.7. The molecule has 2 aromatic rings. The highest BCUT2D eigenvalue weighted by Gasteiger charge is 2.25. The van der Waals surface area contributed by atoms with Gasteiger partial charge >= 0.3 is 11.9 Å². The number of thiophene rings is 1. The van der Waals surface area contributed by atoms with Crippen LogP contribution >= 0.6 is 11.3 Å². The lowest BCUT2D eigenvalue weighted by molar-refractivity contribution is 0.0552. The van der Waals surface area contributed by atoms with Crippen LogP contribution in [0.3, 0.4) is 0 Å². The fourth-order valence-electron chi connectivity index (χ4n) is 1.68. The summed E-state index contributed by atoms with van der Waals surface area (Å²) in [6, 6.07) is 1.50. The molecule has 94 valence electrons. The molecule has 1 heterocycles. The molecule has 1 aromatic carbocycles. The first-order chi connectivity index (χ1) is 8.60. The van der Waals surface area contributed by atoms with Gasteiger partial charge in [0, 0.05) is 10.8 Å². The van der Waals surface area contributed by atoms with E-state index in [2.05, 4.69) is 9.47 Å². The van der Waals surface area contributed by atoms with Crippen LogP contribution in [0.4, 0.5) is 0 Å². The summed E-state index contributed by atoms with van der Waals surface area (Å²) in [7, 11) is 2.39. The van der Waals surface area contributed by atoms with Gasteiger partial charge in [0.25, 0.3) is 0 Å². The van der Waals surface area contributed by atoms with Crippen LogP contribution in [-0.4, -0.2) is 31.3 Å². The van der Waals surface area contributed by atoms with Crippen LogP contribution < -0.4 is 0 Å². The molecule has 0 amide bonds. The van der Waals surface area contributed by atoms with E-state index in [1.165, 1.54) is 31.6 Å². The zero-order valence-electron chi connectivity index (χ0n) is 9.72. The van der Waals surface area contributed by atoms with Gasteiger partial charge in [-0.1, -0.05) is 0 Å². The fourth-order valence-corrected chi connectivity index (χ4v) is 2.47. The average Bonchev–Trinajstić information content (AvgIpc) is 2.85. The Morgan fingerprint density at radius 2 is 1.83 bits per heavy atom. The molecule has 1 aromatic heterocycles.